The van der Waals surface area contributed by atoms with Crippen LogP contribution in [0.4, 0.5) is 0 Å². The molecule has 0 saturated carbocycles. The zero-order valence-corrected chi connectivity index (χ0v) is 13.4. The van der Waals surface area contributed by atoms with Crippen molar-refractivity contribution >= 4 is 11.8 Å². The molecule has 4 heterocycles. The zero-order chi connectivity index (χ0) is 16.4. The average Bonchev–Trinajstić information content (AvgIpc) is 3.01. The number of pyridine rings is 2. The lowest BCUT2D eigenvalue weighted by molar-refractivity contribution is 0.0336. The number of nitrogens with zero attached hydrogens (tertiary/aromatic N) is 3. The fourth-order valence-corrected chi connectivity index (χ4v) is 3.19. The van der Waals surface area contributed by atoms with Crippen molar-refractivity contribution < 1.29 is 9.53 Å². The molecule has 1 aliphatic rings. The maximum atomic E-state index is 11.5. The molecule has 1 saturated heterocycles. The summed E-state index contributed by atoms with van der Waals surface area (Å²) in [5.74, 6) is 0. The molecule has 4 rings (SSSR count). The first kappa shape index (κ1) is 15.1. The molecule has 5 heteroatoms. The second-order valence-corrected chi connectivity index (χ2v) is 5.96. The molecule has 24 heavy (non-hydrogen) atoms. The molecule has 0 atom stereocenters. The zero-order valence-electron chi connectivity index (χ0n) is 13.4. The summed E-state index contributed by atoms with van der Waals surface area (Å²) in [6, 6.07) is 13.8. The Kier molecular flexibility index (Phi) is 4.11. The van der Waals surface area contributed by atoms with Gasteiger partial charge in [0.25, 0.3) is 0 Å². The number of ether oxygens (including phenoxy) is 1. The lowest BCUT2D eigenvalue weighted by atomic mass is 10.1. The van der Waals surface area contributed by atoms with Crippen LogP contribution in [-0.2, 0) is 11.3 Å². The maximum Gasteiger partial charge on any atom is 0.152 e. The van der Waals surface area contributed by atoms with E-state index in [0.717, 1.165) is 61.7 Å². The van der Waals surface area contributed by atoms with Gasteiger partial charge in [-0.3, -0.25) is 9.69 Å². The van der Waals surface area contributed by atoms with Crippen molar-refractivity contribution in [1.82, 2.24) is 14.3 Å². The minimum Gasteiger partial charge on any atom is -0.379 e. The van der Waals surface area contributed by atoms with Crippen LogP contribution in [0.1, 0.15) is 16.1 Å². The molecule has 122 valence electrons. The van der Waals surface area contributed by atoms with Gasteiger partial charge in [-0.2, -0.15) is 0 Å². The molecule has 0 bridgehead atoms. The number of aldehydes is 1. The lowest BCUT2D eigenvalue weighted by Crippen LogP contribution is -2.35. The Bertz CT molecular complexity index is 866. The van der Waals surface area contributed by atoms with Gasteiger partial charge in [0.05, 0.1) is 30.3 Å². The third kappa shape index (κ3) is 2.84. The molecule has 0 unspecified atom stereocenters. The molecule has 0 aromatic carbocycles. The number of fused-ring (bicyclic) bond motifs is 1. The van der Waals surface area contributed by atoms with Crippen LogP contribution in [0.15, 0.2) is 48.7 Å². The predicted octanol–water partition coefficient (Wildman–Crippen LogP) is 2.65. The second kappa shape index (κ2) is 6.55. The van der Waals surface area contributed by atoms with E-state index in [-0.39, 0.29) is 0 Å². The minimum atomic E-state index is 0.664. The summed E-state index contributed by atoms with van der Waals surface area (Å²) in [5, 5.41) is 0. The Morgan fingerprint density at radius 3 is 2.83 bits per heavy atom. The Balaban J connectivity index is 1.72. The van der Waals surface area contributed by atoms with Gasteiger partial charge in [0.2, 0.25) is 0 Å². The van der Waals surface area contributed by atoms with Crippen LogP contribution >= 0.6 is 0 Å². The quantitative estimate of drug-likeness (QED) is 0.693. The molecule has 5 nitrogen and oxygen atoms in total. The van der Waals surface area contributed by atoms with Gasteiger partial charge >= 0.3 is 0 Å². The third-order valence-electron chi connectivity index (χ3n) is 4.37. The van der Waals surface area contributed by atoms with E-state index < -0.39 is 0 Å². The monoisotopic (exact) mass is 321 g/mol. The minimum absolute atomic E-state index is 0.664. The number of rotatable bonds is 4. The summed E-state index contributed by atoms with van der Waals surface area (Å²) in [7, 11) is 0. The van der Waals surface area contributed by atoms with E-state index >= 15 is 0 Å². The van der Waals surface area contributed by atoms with Crippen LogP contribution in [0.2, 0.25) is 0 Å². The van der Waals surface area contributed by atoms with Gasteiger partial charge in [-0.25, -0.2) is 4.98 Å². The number of hydrogen-bond donors (Lipinski definition) is 0. The summed E-state index contributed by atoms with van der Waals surface area (Å²) in [5.41, 5.74) is 4.35. The Labute approximate surface area is 140 Å². The highest BCUT2D eigenvalue weighted by Crippen LogP contribution is 2.25. The predicted molar refractivity (Wildman–Crippen MR) is 92.1 cm³/mol. The molecular formula is C19H19N3O2. The topological polar surface area (TPSA) is 46.8 Å². The first-order valence-electron chi connectivity index (χ1n) is 8.17. The van der Waals surface area contributed by atoms with Crippen molar-refractivity contribution in [2.75, 3.05) is 26.3 Å². The molecule has 0 N–H and O–H groups in total. The fraction of sp³-hybridized carbons (Fsp3) is 0.263. The highest BCUT2D eigenvalue weighted by atomic mass is 16.5. The molecule has 1 aliphatic heterocycles. The third-order valence-corrected chi connectivity index (χ3v) is 4.37. The van der Waals surface area contributed by atoms with Gasteiger partial charge < -0.3 is 9.14 Å². The molecule has 0 amide bonds. The van der Waals surface area contributed by atoms with Crippen molar-refractivity contribution in [1.29, 1.82) is 0 Å². The first-order valence-corrected chi connectivity index (χ1v) is 8.17. The van der Waals surface area contributed by atoms with Crippen molar-refractivity contribution in [2.24, 2.45) is 0 Å². The van der Waals surface area contributed by atoms with E-state index in [2.05, 4.69) is 4.90 Å². The van der Waals surface area contributed by atoms with Crippen molar-refractivity contribution in [3.05, 3.63) is 59.9 Å². The highest BCUT2D eigenvalue weighted by Gasteiger charge is 2.15. The largest absolute Gasteiger partial charge is 0.379 e. The normalized spacial score (nSPS) is 15.7. The summed E-state index contributed by atoms with van der Waals surface area (Å²) in [6.45, 7) is 4.21. The van der Waals surface area contributed by atoms with Crippen LogP contribution in [0, 0.1) is 0 Å². The number of carbonyl (C=O) groups excluding carboxylic acids is 1. The van der Waals surface area contributed by atoms with Gasteiger partial charge in [-0.15, -0.1) is 0 Å². The summed E-state index contributed by atoms with van der Waals surface area (Å²) in [4.78, 5) is 18.7. The fourth-order valence-electron chi connectivity index (χ4n) is 3.19. The van der Waals surface area contributed by atoms with Gasteiger partial charge in [0.1, 0.15) is 0 Å². The number of aromatic nitrogens is 2. The molecule has 1 fully saturated rings. The summed E-state index contributed by atoms with van der Waals surface area (Å²) >= 11 is 0. The number of hydrogen-bond acceptors (Lipinski definition) is 4. The number of carbonyl (C=O) groups is 1. The smallest absolute Gasteiger partial charge is 0.152 e. The highest BCUT2D eigenvalue weighted by molar-refractivity contribution is 5.89. The van der Waals surface area contributed by atoms with Gasteiger partial charge in [0, 0.05) is 36.9 Å². The molecule has 0 radical (unpaired) electrons. The van der Waals surface area contributed by atoms with Crippen molar-refractivity contribution in [2.45, 2.75) is 6.54 Å². The molecular weight excluding hydrogens is 302 g/mol. The van der Waals surface area contributed by atoms with Gasteiger partial charge in [-0.05, 0) is 30.3 Å². The van der Waals surface area contributed by atoms with E-state index in [0.29, 0.717) is 5.56 Å². The molecule has 0 aliphatic carbocycles. The van der Waals surface area contributed by atoms with E-state index in [9.17, 15) is 4.79 Å². The van der Waals surface area contributed by atoms with Crippen LogP contribution < -0.4 is 0 Å². The van der Waals surface area contributed by atoms with E-state index in [1.807, 2.05) is 53.1 Å². The number of morpholine rings is 1. The Morgan fingerprint density at radius 2 is 2.00 bits per heavy atom. The van der Waals surface area contributed by atoms with Crippen LogP contribution in [0.3, 0.4) is 0 Å². The first-order chi connectivity index (χ1) is 11.8. The molecule has 3 aromatic rings. The van der Waals surface area contributed by atoms with Crippen LogP contribution in [0.25, 0.3) is 16.9 Å². The van der Waals surface area contributed by atoms with E-state index in [1.165, 1.54) is 0 Å². The van der Waals surface area contributed by atoms with Gasteiger partial charge in [-0.1, -0.05) is 12.1 Å². The molecule has 3 aromatic heterocycles. The van der Waals surface area contributed by atoms with Crippen molar-refractivity contribution in [3.63, 3.8) is 0 Å². The van der Waals surface area contributed by atoms with Crippen LogP contribution in [0.5, 0.6) is 0 Å². The van der Waals surface area contributed by atoms with Crippen LogP contribution in [-0.4, -0.2) is 46.9 Å². The Morgan fingerprint density at radius 1 is 1.12 bits per heavy atom. The summed E-state index contributed by atoms with van der Waals surface area (Å²) < 4.78 is 7.41. The lowest BCUT2D eigenvalue weighted by Gasteiger charge is -2.26. The standard InChI is InChI=1S/C19H19N3O2/c23-14-15-12-17-5-1-2-7-22(17)19(15)18-6-3-4-16(20-18)13-21-8-10-24-11-9-21/h1-7,12,14H,8-11,13H2. The van der Waals surface area contributed by atoms with E-state index in [1.54, 1.807) is 0 Å². The van der Waals surface area contributed by atoms with Crippen molar-refractivity contribution in [3.8, 4) is 11.4 Å². The summed E-state index contributed by atoms with van der Waals surface area (Å²) in [6.07, 6.45) is 2.87. The SMILES string of the molecule is O=Cc1cc2ccccn2c1-c1cccc(CN2CCOCC2)n1. The average molecular weight is 321 g/mol. The molecule has 0 spiro atoms. The van der Waals surface area contributed by atoms with E-state index in [4.69, 9.17) is 9.72 Å². The second-order valence-electron chi connectivity index (χ2n) is 5.96. The van der Waals surface area contributed by atoms with Gasteiger partial charge in [0.15, 0.2) is 6.29 Å². The maximum absolute atomic E-state index is 11.5. The Hall–Kier alpha value is -2.50.